The number of hydrogen-bond acceptors (Lipinski definition) is 4. The van der Waals surface area contributed by atoms with Gasteiger partial charge in [0.25, 0.3) is 0 Å². The molecule has 3 heterocycles. The number of aromatic nitrogens is 1. The number of piperidine rings is 1. The van der Waals surface area contributed by atoms with Gasteiger partial charge in [0.15, 0.2) is 5.96 Å². The summed E-state index contributed by atoms with van der Waals surface area (Å²) >= 11 is 0. The third-order valence-electron chi connectivity index (χ3n) is 5.96. The maximum absolute atomic E-state index is 14.1. The zero-order valence-electron chi connectivity index (χ0n) is 18.0. The molecule has 4 rings (SSSR count). The molecule has 2 aromatic rings. The third kappa shape index (κ3) is 5.24. The van der Waals surface area contributed by atoms with Crippen LogP contribution >= 0.6 is 0 Å². The second-order valence-corrected chi connectivity index (χ2v) is 8.14. The lowest BCUT2D eigenvalue weighted by atomic mass is 10.1. The summed E-state index contributed by atoms with van der Waals surface area (Å²) in [7, 11) is 1.73. The molecule has 1 aromatic heterocycles. The van der Waals surface area contributed by atoms with Crippen molar-refractivity contribution < 1.29 is 8.78 Å². The standard InChI is InChI=1S/C23H30F2N6/c1-26-23(28-15-17-8-10-27-21(14-17)30-11-3-2-4-12-30)29-18-9-13-31(16-18)22-19(24)6-5-7-20(22)25/h5-8,10,14,18H,2-4,9,11-13,15-16H2,1H3,(H2,26,28,29). The van der Waals surface area contributed by atoms with Gasteiger partial charge in [-0.1, -0.05) is 6.07 Å². The molecule has 31 heavy (non-hydrogen) atoms. The van der Waals surface area contributed by atoms with Crippen molar-refractivity contribution in [1.29, 1.82) is 0 Å². The predicted octanol–water partition coefficient (Wildman–Crippen LogP) is 3.29. The molecule has 0 saturated carbocycles. The van der Waals surface area contributed by atoms with Gasteiger partial charge in [0, 0.05) is 52.0 Å². The first-order chi connectivity index (χ1) is 15.1. The Balaban J connectivity index is 1.31. The Morgan fingerprint density at radius 1 is 1.10 bits per heavy atom. The molecule has 0 aliphatic carbocycles. The normalized spacial score (nSPS) is 19.6. The fourth-order valence-electron chi connectivity index (χ4n) is 4.31. The first kappa shape index (κ1) is 21.3. The molecule has 0 spiro atoms. The van der Waals surface area contributed by atoms with Crippen LogP contribution in [0.25, 0.3) is 0 Å². The quantitative estimate of drug-likeness (QED) is 0.565. The van der Waals surface area contributed by atoms with E-state index in [1.165, 1.54) is 37.5 Å². The summed E-state index contributed by atoms with van der Waals surface area (Å²) in [5.41, 5.74) is 1.19. The monoisotopic (exact) mass is 428 g/mol. The minimum Gasteiger partial charge on any atom is -0.365 e. The average Bonchev–Trinajstić information content (AvgIpc) is 3.25. The lowest BCUT2D eigenvalue weighted by Crippen LogP contribution is -2.44. The molecule has 2 aliphatic rings. The Kier molecular flexibility index (Phi) is 6.84. The van der Waals surface area contributed by atoms with Gasteiger partial charge in [-0.3, -0.25) is 4.99 Å². The lowest BCUT2D eigenvalue weighted by molar-refractivity contribution is 0.573. The van der Waals surface area contributed by atoms with E-state index in [4.69, 9.17) is 0 Å². The number of anilines is 2. The van der Waals surface area contributed by atoms with Gasteiger partial charge in [0.2, 0.25) is 0 Å². The minimum absolute atomic E-state index is 0.0526. The number of benzene rings is 1. The number of nitrogens with zero attached hydrogens (tertiary/aromatic N) is 4. The summed E-state index contributed by atoms with van der Waals surface area (Å²) in [6.07, 6.45) is 6.37. The zero-order chi connectivity index (χ0) is 21.6. The van der Waals surface area contributed by atoms with Gasteiger partial charge in [-0.25, -0.2) is 13.8 Å². The summed E-state index contributed by atoms with van der Waals surface area (Å²) in [5.74, 6) is 0.660. The van der Waals surface area contributed by atoms with Crippen molar-refractivity contribution in [2.24, 2.45) is 4.99 Å². The molecule has 8 heteroatoms. The molecule has 1 aromatic carbocycles. The van der Waals surface area contributed by atoms with Crippen molar-refractivity contribution in [3.8, 4) is 0 Å². The van der Waals surface area contributed by atoms with Gasteiger partial charge in [0.05, 0.1) is 0 Å². The Bertz CT molecular complexity index is 892. The first-order valence-corrected chi connectivity index (χ1v) is 11.0. The summed E-state index contributed by atoms with van der Waals surface area (Å²) in [5, 5.41) is 6.72. The van der Waals surface area contributed by atoms with Crippen molar-refractivity contribution in [2.45, 2.75) is 38.3 Å². The van der Waals surface area contributed by atoms with Gasteiger partial charge >= 0.3 is 0 Å². The van der Waals surface area contributed by atoms with E-state index in [-0.39, 0.29) is 11.7 Å². The smallest absolute Gasteiger partial charge is 0.191 e. The highest BCUT2D eigenvalue weighted by Crippen LogP contribution is 2.26. The van der Waals surface area contributed by atoms with Crippen molar-refractivity contribution >= 4 is 17.5 Å². The average molecular weight is 429 g/mol. The SMILES string of the molecule is CN=C(NCc1ccnc(N2CCCCC2)c1)NC1CCN(c2c(F)cccc2F)C1. The van der Waals surface area contributed by atoms with E-state index in [1.807, 2.05) is 12.3 Å². The van der Waals surface area contributed by atoms with Gasteiger partial charge in [-0.15, -0.1) is 0 Å². The molecule has 2 fully saturated rings. The Labute approximate surface area is 182 Å². The van der Waals surface area contributed by atoms with Crippen LogP contribution in [0.1, 0.15) is 31.2 Å². The maximum Gasteiger partial charge on any atom is 0.191 e. The second kappa shape index (κ2) is 9.94. The molecule has 0 amide bonds. The summed E-state index contributed by atoms with van der Waals surface area (Å²) in [4.78, 5) is 12.9. The van der Waals surface area contributed by atoms with E-state index in [0.29, 0.717) is 25.6 Å². The predicted molar refractivity (Wildman–Crippen MR) is 121 cm³/mol. The lowest BCUT2D eigenvalue weighted by Gasteiger charge is -2.28. The number of rotatable bonds is 5. The van der Waals surface area contributed by atoms with Crippen molar-refractivity contribution in [2.75, 3.05) is 43.0 Å². The molecule has 6 nitrogen and oxygen atoms in total. The van der Waals surface area contributed by atoms with E-state index in [0.717, 1.165) is 30.9 Å². The number of aliphatic imine (C=N–C) groups is 1. The van der Waals surface area contributed by atoms with Gasteiger partial charge in [0.1, 0.15) is 23.1 Å². The Morgan fingerprint density at radius 2 is 1.87 bits per heavy atom. The Hall–Kier alpha value is -2.90. The largest absolute Gasteiger partial charge is 0.365 e. The highest BCUT2D eigenvalue weighted by molar-refractivity contribution is 5.80. The molecule has 2 N–H and O–H groups in total. The molecule has 2 aliphatic heterocycles. The molecule has 1 unspecified atom stereocenters. The van der Waals surface area contributed by atoms with E-state index in [9.17, 15) is 8.78 Å². The highest BCUT2D eigenvalue weighted by atomic mass is 19.1. The van der Waals surface area contributed by atoms with E-state index < -0.39 is 11.6 Å². The number of pyridine rings is 1. The zero-order valence-corrected chi connectivity index (χ0v) is 18.0. The molecular formula is C23H30F2N6. The van der Waals surface area contributed by atoms with Crippen LogP contribution in [0.4, 0.5) is 20.3 Å². The minimum atomic E-state index is -0.523. The fraction of sp³-hybridized carbons (Fsp3) is 0.478. The van der Waals surface area contributed by atoms with Crippen molar-refractivity contribution in [3.63, 3.8) is 0 Å². The fourth-order valence-corrected chi connectivity index (χ4v) is 4.31. The highest BCUT2D eigenvalue weighted by Gasteiger charge is 2.27. The molecule has 166 valence electrons. The van der Waals surface area contributed by atoms with Gasteiger partial charge < -0.3 is 20.4 Å². The maximum atomic E-state index is 14.1. The van der Waals surface area contributed by atoms with Crippen LogP contribution in [-0.4, -0.2) is 50.2 Å². The summed E-state index contributed by atoms with van der Waals surface area (Å²) in [6.45, 7) is 3.87. The molecule has 0 radical (unpaired) electrons. The van der Waals surface area contributed by atoms with Crippen molar-refractivity contribution in [1.82, 2.24) is 15.6 Å². The number of nitrogens with one attached hydrogen (secondary N) is 2. The molecule has 0 bridgehead atoms. The van der Waals surface area contributed by atoms with Crippen LogP contribution < -0.4 is 20.4 Å². The number of halogens is 2. The number of hydrogen-bond donors (Lipinski definition) is 2. The third-order valence-corrected chi connectivity index (χ3v) is 5.96. The molecular weight excluding hydrogens is 398 g/mol. The van der Waals surface area contributed by atoms with E-state index in [1.54, 1.807) is 11.9 Å². The van der Waals surface area contributed by atoms with Crippen LogP contribution in [0.3, 0.4) is 0 Å². The first-order valence-electron chi connectivity index (χ1n) is 11.0. The van der Waals surface area contributed by atoms with E-state index >= 15 is 0 Å². The van der Waals surface area contributed by atoms with E-state index in [2.05, 4.69) is 31.6 Å². The van der Waals surface area contributed by atoms with Crippen LogP contribution in [0.2, 0.25) is 0 Å². The van der Waals surface area contributed by atoms with Crippen molar-refractivity contribution in [3.05, 3.63) is 53.7 Å². The van der Waals surface area contributed by atoms with Crippen LogP contribution in [0, 0.1) is 11.6 Å². The molecule has 2 saturated heterocycles. The van der Waals surface area contributed by atoms with Crippen LogP contribution in [-0.2, 0) is 6.54 Å². The summed E-state index contributed by atoms with van der Waals surface area (Å²) < 4.78 is 28.2. The van der Waals surface area contributed by atoms with Gasteiger partial charge in [-0.2, -0.15) is 0 Å². The topological polar surface area (TPSA) is 55.8 Å². The van der Waals surface area contributed by atoms with Crippen LogP contribution in [0.5, 0.6) is 0 Å². The number of guanidine groups is 1. The second-order valence-electron chi connectivity index (χ2n) is 8.14. The van der Waals surface area contributed by atoms with Crippen LogP contribution in [0.15, 0.2) is 41.5 Å². The Morgan fingerprint density at radius 3 is 2.61 bits per heavy atom. The molecule has 1 atom stereocenters. The summed E-state index contributed by atoms with van der Waals surface area (Å²) in [6, 6.07) is 8.18. The number of para-hydroxylation sites is 1. The van der Waals surface area contributed by atoms with Gasteiger partial charge in [-0.05, 0) is 55.5 Å².